The van der Waals surface area contributed by atoms with Crippen LogP contribution in [-0.2, 0) is 13.0 Å². The number of halogens is 1. The Morgan fingerprint density at radius 3 is 2.73 bits per heavy atom. The lowest BCUT2D eigenvalue weighted by molar-refractivity contribution is 0.545. The van der Waals surface area contributed by atoms with Crippen molar-refractivity contribution in [3.63, 3.8) is 0 Å². The molecule has 0 amide bonds. The predicted octanol–water partition coefficient (Wildman–Crippen LogP) is 3.52. The highest BCUT2D eigenvalue weighted by Gasteiger charge is 2.13. The second kappa shape index (κ2) is 3.99. The number of nitrogens with two attached hydrogens (primary N) is 1. The number of aryl methyl sites for hydroxylation is 2. The van der Waals surface area contributed by atoms with Crippen LogP contribution in [-0.4, -0.2) is 0 Å². The molecule has 0 saturated carbocycles. The molecule has 1 heterocycles. The minimum Gasteiger partial charge on any atom is -0.458 e. The van der Waals surface area contributed by atoms with Crippen molar-refractivity contribution in [2.45, 2.75) is 26.8 Å². The molecule has 2 aromatic rings. The largest absolute Gasteiger partial charge is 0.458 e. The van der Waals surface area contributed by atoms with Crippen LogP contribution in [0.4, 0.5) is 0 Å². The molecule has 2 N–H and O–H groups in total. The van der Waals surface area contributed by atoms with Crippen molar-refractivity contribution in [3.8, 4) is 0 Å². The third-order valence-corrected chi connectivity index (χ3v) is 3.20. The number of furan rings is 1. The van der Waals surface area contributed by atoms with E-state index in [-0.39, 0.29) is 0 Å². The summed E-state index contributed by atoms with van der Waals surface area (Å²) < 4.78 is 6.76. The summed E-state index contributed by atoms with van der Waals surface area (Å²) in [5, 5.41) is 1.19. The van der Waals surface area contributed by atoms with Gasteiger partial charge in [-0.05, 0) is 47.0 Å². The first-order chi connectivity index (χ1) is 7.17. The molecular weight excluding hydrogens is 254 g/mol. The Kier molecular flexibility index (Phi) is 2.85. The smallest absolute Gasteiger partial charge is 0.148 e. The molecule has 0 unspecified atom stereocenters. The first-order valence-electron chi connectivity index (χ1n) is 5.07. The molecule has 0 spiro atoms. The van der Waals surface area contributed by atoms with Crippen LogP contribution in [0.3, 0.4) is 0 Å². The first-order valence-corrected chi connectivity index (χ1v) is 5.87. The first kappa shape index (κ1) is 10.7. The van der Waals surface area contributed by atoms with Crippen molar-refractivity contribution in [1.29, 1.82) is 0 Å². The fourth-order valence-corrected chi connectivity index (χ4v) is 2.60. The number of hydrogen-bond donors (Lipinski definition) is 1. The lowest BCUT2D eigenvalue weighted by Crippen LogP contribution is -1.97. The molecule has 0 aliphatic carbocycles. The summed E-state index contributed by atoms with van der Waals surface area (Å²) in [6.45, 7) is 4.67. The van der Waals surface area contributed by atoms with Crippen LogP contribution in [0.25, 0.3) is 11.0 Å². The molecule has 15 heavy (non-hydrogen) atoms. The summed E-state index contributed by atoms with van der Waals surface area (Å²) in [6.07, 6.45) is 0.954. The minimum absolute atomic E-state index is 0.462. The van der Waals surface area contributed by atoms with Gasteiger partial charge in [-0.1, -0.05) is 6.92 Å². The third-order valence-electron chi connectivity index (χ3n) is 2.61. The molecule has 1 aromatic carbocycles. The Morgan fingerprint density at radius 1 is 1.40 bits per heavy atom. The lowest BCUT2D eigenvalue weighted by atomic mass is 10.1. The molecule has 80 valence electrons. The molecule has 0 fully saturated rings. The van der Waals surface area contributed by atoms with Crippen molar-refractivity contribution in [2.24, 2.45) is 5.73 Å². The molecule has 0 saturated heterocycles. The Balaban J connectivity index is 2.82. The standard InChI is InChI=1S/C12H14BrNO/c1-3-8-9-4-7(2)5-10(13)12(9)15-11(8)6-14/h4-5H,3,6,14H2,1-2H3. The van der Waals surface area contributed by atoms with E-state index in [1.807, 2.05) is 0 Å². The SMILES string of the molecule is CCc1c(CN)oc2c(Br)cc(C)cc12. The van der Waals surface area contributed by atoms with E-state index in [2.05, 4.69) is 41.9 Å². The van der Waals surface area contributed by atoms with Crippen LogP contribution < -0.4 is 5.73 Å². The van der Waals surface area contributed by atoms with Gasteiger partial charge in [0.2, 0.25) is 0 Å². The average molecular weight is 268 g/mol. The predicted molar refractivity (Wildman–Crippen MR) is 65.9 cm³/mol. The Bertz CT molecular complexity index is 502. The van der Waals surface area contributed by atoms with Crippen molar-refractivity contribution in [3.05, 3.63) is 33.5 Å². The van der Waals surface area contributed by atoms with Gasteiger partial charge in [0.15, 0.2) is 0 Å². The minimum atomic E-state index is 0.462. The molecule has 3 heteroatoms. The highest BCUT2D eigenvalue weighted by atomic mass is 79.9. The fraction of sp³-hybridized carbons (Fsp3) is 0.333. The highest BCUT2D eigenvalue weighted by Crippen LogP contribution is 2.32. The zero-order valence-electron chi connectivity index (χ0n) is 8.93. The molecule has 2 rings (SSSR count). The van der Waals surface area contributed by atoms with Crippen LogP contribution in [0.1, 0.15) is 23.8 Å². The van der Waals surface area contributed by atoms with Crippen LogP contribution in [0.2, 0.25) is 0 Å². The van der Waals surface area contributed by atoms with Crippen molar-refractivity contribution in [2.75, 3.05) is 0 Å². The normalized spacial score (nSPS) is 11.2. The van der Waals surface area contributed by atoms with E-state index in [4.69, 9.17) is 10.2 Å². The Morgan fingerprint density at radius 2 is 2.13 bits per heavy atom. The molecule has 0 aliphatic rings. The van der Waals surface area contributed by atoms with Gasteiger partial charge in [0, 0.05) is 10.9 Å². The summed E-state index contributed by atoms with van der Waals surface area (Å²) in [4.78, 5) is 0. The third kappa shape index (κ3) is 1.70. The number of rotatable bonds is 2. The van der Waals surface area contributed by atoms with Gasteiger partial charge in [0.25, 0.3) is 0 Å². The summed E-state index contributed by atoms with van der Waals surface area (Å²) >= 11 is 3.52. The monoisotopic (exact) mass is 267 g/mol. The van der Waals surface area contributed by atoms with E-state index in [1.165, 1.54) is 16.5 Å². The number of hydrogen-bond acceptors (Lipinski definition) is 2. The zero-order chi connectivity index (χ0) is 11.0. The molecule has 2 nitrogen and oxygen atoms in total. The molecule has 1 aromatic heterocycles. The van der Waals surface area contributed by atoms with E-state index in [9.17, 15) is 0 Å². The zero-order valence-corrected chi connectivity index (χ0v) is 10.5. The Hall–Kier alpha value is -0.800. The second-order valence-electron chi connectivity index (χ2n) is 3.68. The maximum absolute atomic E-state index is 5.75. The van der Waals surface area contributed by atoms with E-state index >= 15 is 0 Å². The van der Waals surface area contributed by atoms with E-state index < -0.39 is 0 Å². The maximum Gasteiger partial charge on any atom is 0.148 e. The number of fused-ring (bicyclic) bond motifs is 1. The molecule has 0 aliphatic heterocycles. The molecular formula is C12H14BrNO. The summed E-state index contributed by atoms with van der Waals surface area (Å²) in [5.74, 6) is 0.902. The van der Waals surface area contributed by atoms with Crippen LogP contribution in [0, 0.1) is 6.92 Å². The second-order valence-corrected chi connectivity index (χ2v) is 4.54. The van der Waals surface area contributed by atoms with Crippen molar-refractivity contribution >= 4 is 26.9 Å². The van der Waals surface area contributed by atoms with Gasteiger partial charge in [0.1, 0.15) is 11.3 Å². The molecule has 0 atom stereocenters. The van der Waals surface area contributed by atoms with Gasteiger partial charge in [-0.15, -0.1) is 0 Å². The van der Waals surface area contributed by atoms with E-state index in [0.29, 0.717) is 6.54 Å². The molecule has 0 bridgehead atoms. The summed E-state index contributed by atoms with van der Waals surface area (Å²) in [6, 6.07) is 4.22. The van der Waals surface area contributed by atoms with Gasteiger partial charge in [-0.25, -0.2) is 0 Å². The van der Waals surface area contributed by atoms with E-state index in [1.54, 1.807) is 0 Å². The van der Waals surface area contributed by atoms with Gasteiger partial charge < -0.3 is 10.2 Å². The van der Waals surface area contributed by atoms with Gasteiger partial charge >= 0.3 is 0 Å². The lowest BCUT2D eigenvalue weighted by Gasteiger charge is -1.97. The molecule has 0 radical (unpaired) electrons. The van der Waals surface area contributed by atoms with Crippen molar-refractivity contribution < 1.29 is 4.42 Å². The van der Waals surface area contributed by atoms with Gasteiger partial charge in [-0.2, -0.15) is 0 Å². The number of benzene rings is 1. The summed E-state index contributed by atoms with van der Waals surface area (Å²) in [5.41, 5.74) is 9.05. The van der Waals surface area contributed by atoms with Gasteiger partial charge in [0.05, 0.1) is 11.0 Å². The van der Waals surface area contributed by atoms with Crippen LogP contribution in [0.5, 0.6) is 0 Å². The fourth-order valence-electron chi connectivity index (χ4n) is 1.94. The highest BCUT2D eigenvalue weighted by molar-refractivity contribution is 9.10. The van der Waals surface area contributed by atoms with Crippen LogP contribution >= 0.6 is 15.9 Å². The van der Waals surface area contributed by atoms with Crippen LogP contribution in [0.15, 0.2) is 21.0 Å². The summed E-state index contributed by atoms with van der Waals surface area (Å²) in [7, 11) is 0. The average Bonchev–Trinajstić information content (AvgIpc) is 2.55. The quantitative estimate of drug-likeness (QED) is 0.905. The topological polar surface area (TPSA) is 39.2 Å². The maximum atomic E-state index is 5.75. The van der Waals surface area contributed by atoms with E-state index in [0.717, 1.165) is 22.2 Å². The Labute approximate surface area is 97.6 Å². The van der Waals surface area contributed by atoms with Crippen molar-refractivity contribution in [1.82, 2.24) is 0 Å². The van der Waals surface area contributed by atoms with Gasteiger partial charge in [-0.3, -0.25) is 0 Å².